The Kier molecular flexibility index (Phi) is 8.84. The van der Waals surface area contributed by atoms with Crippen LogP contribution in [0.3, 0.4) is 0 Å². The molecule has 2 unspecified atom stereocenters. The number of alkyl halides is 3. The fourth-order valence-corrected chi connectivity index (χ4v) is 4.80. The zero-order valence-corrected chi connectivity index (χ0v) is 20.2. The number of hydrogen-bond donors (Lipinski definition) is 2. The number of benzene rings is 2. The highest BCUT2D eigenvalue weighted by Gasteiger charge is 2.31. The minimum absolute atomic E-state index is 0.0746. The van der Waals surface area contributed by atoms with Crippen LogP contribution in [0.25, 0.3) is 0 Å². The number of rotatable bonds is 9. The van der Waals surface area contributed by atoms with Gasteiger partial charge >= 0.3 is 6.18 Å². The average Bonchev–Trinajstić information content (AvgIpc) is 2.79. The molecule has 34 heavy (non-hydrogen) atoms. The Hall–Kier alpha value is -2.29. The molecule has 0 amide bonds. The van der Waals surface area contributed by atoms with E-state index in [0.29, 0.717) is 42.5 Å². The third-order valence-electron chi connectivity index (χ3n) is 5.69. The van der Waals surface area contributed by atoms with Crippen LogP contribution in [0, 0.1) is 10.8 Å². The second-order valence-electron chi connectivity index (χ2n) is 9.07. The minimum Gasteiger partial charge on any atom is -0.400 e. The van der Waals surface area contributed by atoms with Gasteiger partial charge in [0.25, 0.3) is 0 Å². The van der Waals surface area contributed by atoms with E-state index in [-0.39, 0.29) is 11.4 Å². The Morgan fingerprint density at radius 3 is 2.62 bits per heavy atom. The van der Waals surface area contributed by atoms with Gasteiger partial charge in [-0.2, -0.15) is 13.2 Å². The maximum atomic E-state index is 13.0. The molecule has 0 radical (unpaired) electrons. The molecule has 1 aliphatic heterocycles. The van der Waals surface area contributed by atoms with E-state index < -0.39 is 17.2 Å². The molecule has 184 valence electrons. The summed E-state index contributed by atoms with van der Waals surface area (Å²) in [4.78, 5) is 0.576. The lowest BCUT2D eigenvalue weighted by Crippen LogP contribution is -2.34. The smallest absolute Gasteiger partial charge is 0.400 e. The summed E-state index contributed by atoms with van der Waals surface area (Å²) in [5.41, 5.74) is 6.98. The predicted octanol–water partition coefficient (Wildman–Crippen LogP) is 6.45. The molecule has 0 bridgehead atoms. The molecule has 2 aromatic rings. The summed E-state index contributed by atoms with van der Waals surface area (Å²) in [5.74, 6) is 0. The van der Waals surface area contributed by atoms with E-state index in [9.17, 15) is 13.2 Å². The zero-order valence-electron chi connectivity index (χ0n) is 19.4. The summed E-state index contributed by atoms with van der Waals surface area (Å²) >= 11 is 1.41. The van der Waals surface area contributed by atoms with Crippen molar-refractivity contribution in [2.45, 2.75) is 55.7 Å². The van der Waals surface area contributed by atoms with E-state index >= 15 is 0 Å². The lowest BCUT2D eigenvalue weighted by Gasteiger charge is -2.30. The van der Waals surface area contributed by atoms with Gasteiger partial charge in [-0.1, -0.05) is 50.2 Å². The molecule has 2 atom stereocenters. The largest absolute Gasteiger partial charge is 0.416 e. The fourth-order valence-electron chi connectivity index (χ4n) is 3.57. The van der Waals surface area contributed by atoms with E-state index in [1.54, 1.807) is 12.1 Å². The Balaban J connectivity index is 1.56. The Bertz CT molecular complexity index is 993. The summed E-state index contributed by atoms with van der Waals surface area (Å²) < 4.78 is 50.7. The highest BCUT2D eigenvalue weighted by molar-refractivity contribution is 8.00. The van der Waals surface area contributed by atoms with Crippen LogP contribution in [-0.2, 0) is 22.3 Å². The van der Waals surface area contributed by atoms with Gasteiger partial charge < -0.3 is 20.6 Å². The molecule has 4 nitrogen and oxygen atoms in total. The van der Waals surface area contributed by atoms with E-state index in [4.69, 9.17) is 20.6 Å². The molecule has 3 N–H and O–H groups in total. The first-order valence-corrected chi connectivity index (χ1v) is 12.1. The summed E-state index contributed by atoms with van der Waals surface area (Å²) in [6.07, 6.45) is -1.81. The van der Waals surface area contributed by atoms with Gasteiger partial charge in [0.2, 0.25) is 0 Å². The molecule has 3 rings (SSSR count). The maximum absolute atomic E-state index is 13.0. The molecule has 0 saturated carbocycles. The van der Waals surface area contributed by atoms with Gasteiger partial charge in [0.1, 0.15) is 0 Å². The molecule has 2 aromatic carbocycles. The first-order valence-electron chi connectivity index (χ1n) is 11.2. The molecular formula is C26H31F3N2O2S. The van der Waals surface area contributed by atoms with Crippen molar-refractivity contribution >= 4 is 17.5 Å². The third-order valence-corrected chi connectivity index (χ3v) is 6.97. The number of nitrogens with two attached hydrogens (primary N) is 1. The maximum Gasteiger partial charge on any atom is 0.416 e. The standard InChI is InChI=1S/C26H31F3N2O2S/c1-25(2,17-32-16-18-7-4-3-5-8-18)24(31)15-22(30)23-14-21(11-12-33-23)34-20-10-6-9-19(13-20)26(27,28)29/h3-10,13,15,21,23,31H,11-12,14,16-17,30H2,1-2H3/b22-15-,31-24?. The summed E-state index contributed by atoms with van der Waals surface area (Å²) in [6, 6.07) is 15.2. The fraction of sp³-hybridized carbons (Fsp3) is 0.423. The lowest BCUT2D eigenvalue weighted by atomic mass is 9.87. The van der Waals surface area contributed by atoms with Crippen LogP contribution < -0.4 is 5.73 Å². The molecular weight excluding hydrogens is 461 g/mol. The van der Waals surface area contributed by atoms with Crippen molar-refractivity contribution < 1.29 is 22.6 Å². The van der Waals surface area contributed by atoms with Crippen LogP contribution in [0.1, 0.15) is 37.8 Å². The number of thioether (sulfide) groups is 1. The van der Waals surface area contributed by atoms with Crippen molar-refractivity contribution in [3.63, 3.8) is 0 Å². The van der Waals surface area contributed by atoms with Gasteiger partial charge in [-0.3, -0.25) is 0 Å². The molecule has 0 aromatic heterocycles. The number of allylic oxidation sites excluding steroid dienone is 1. The highest BCUT2D eigenvalue weighted by Crippen LogP contribution is 2.36. The number of halogens is 3. The Morgan fingerprint density at radius 1 is 1.18 bits per heavy atom. The first kappa shape index (κ1) is 26.3. The van der Waals surface area contributed by atoms with Crippen molar-refractivity contribution in [2.75, 3.05) is 13.2 Å². The average molecular weight is 493 g/mol. The van der Waals surface area contributed by atoms with Crippen LogP contribution >= 0.6 is 11.8 Å². The summed E-state index contributed by atoms with van der Waals surface area (Å²) in [5, 5.41) is 8.61. The van der Waals surface area contributed by atoms with Gasteiger partial charge in [0.15, 0.2) is 0 Å². The van der Waals surface area contributed by atoms with Crippen LogP contribution in [0.15, 0.2) is 71.3 Å². The predicted molar refractivity (Wildman–Crippen MR) is 130 cm³/mol. The molecule has 0 spiro atoms. The van der Waals surface area contributed by atoms with Crippen molar-refractivity contribution in [3.8, 4) is 0 Å². The van der Waals surface area contributed by atoms with Gasteiger partial charge in [-0.05, 0) is 42.7 Å². The van der Waals surface area contributed by atoms with Gasteiger partial charge in [-0.15, -0.1) is 11.8 Å². The van der Waals surface area contributed by atoms with Crippen molar-refractivity contribution in [3.05, 3.63) is 77.5 Å². The van der Waals surface area contributed by atoms with Crippen molar-refractivity contribution in [1.29, 1.82) is 5.41 Å². The Labute approximate surface area is 203 Å². The topological polar surface area (TPSA) is 68.3 Å². The molecule has 0 aliphatic carbocycles. The minimum atomic E-state index is -4.36. The van der Waals surface area contributed by atoms with Crippen molar-refractivity contribution in [2.24, 2.45) is 11.1 Å². The lowest BCUT2D eigenvalue weighted by molar-refractivity contribution is -0.137. The third kappa shape index (κ3) is 7.61. The quantitative estimate of drug-likeness (QED) is 0.395. The molecule has 1 heterocycles. The van der Waals surface area contributed by atoms with Crippen molar-refractivity contribution in [1.82, 2.24) is 0 Å². The van der Waals surface area contributed by atoms with Gasteiger partial charge in [-0.25, -0.2) is 0 Å². The van der Waals surface area contributed by atoms with E-state index in [1.807, 2.05) is 44.2 Å². The molecule has 8 heteroatoms. The monoisotopic (exact) mass is 492 g/mol. The molecule has 1 fully saturated rings. The number of nitrogens with one attached hydrogen (secondary N) is 1. The summed E-state index contributed by atoms with van der Waals surface area (Å²) in [7, 11) is 0. The van der Waals surface area contributed by atoms with Gasteiger partial charge in [0, 0.05) is 33.6 Å². The van der Waals surface area contributed by atoms with Crippen LogP contribution in [0.5, 0.6) is 0 Å². The zero-order chi connectivity index (χ0) is 24.8. The molecule has 1 saturated heterocycles. The highest BCUT2D eigenvalue weighted by atomic mass is 32.2. The number of ether oxygens (including phenoxy) is 2. The van der Waals surface area contributed by atoms with Crippen LogP contribution in [-0.4, -0.2) is 30.3 Å². The van der Waals surface area contributed by atoms with Crippen LogP contribution in [0.2, 0.25) is 0 Å². The normalized spacial score (nSPS) is 19.7. The Morgan fingerprint density at radius 2 is 1.91 bits per heavy atom. The van der Waals surface area contributed by atoms with E-state index in [1.165, 1.54) is 23.9 Å². The second kappa shape index (κ2) is 11.4. The SMILES string of the molecule is CC(C)(COCc1ccccc1)C(=N)/C=C(\N)C1CC(Sc2cccc(C(F)(F)F)c2)CCO1. The first-order chi connectivity index (χ1) is 16.0. The van der Waals surface area contributed by atoms with Gasteiger partial charge in [0.05, 0.1) is 24.9 Å². The second-order valence-corrected chi connectivity index (χ2v) is 10.4. The van der Waals surface area contributed by atoms with Crippen LogP contribution in [0.4, 0.5) is 13.2 Å². The summed E-state index contributed by atoms with van der Waals surface area (Å²) in [6.45, 7) is 5.16. The molecule has 1 aliphatic rings. The van der Waals surface area contributed by atoms with E-state index in [2.05, 4.69) is 0 Å². The number of hydrogen-bond acceptors (Lipinski definition) is 5. The van der Waals surface area contributed by atoms with E-state index in [0.717, 1.165) is 18.1 Å².